The fourth-order valence-electron chi connectivity index (χ4n) is 2.18. The molecule has 0 radical (unpaired) electrons. The van der Waals surface area contributed by atoms with E-state index in [1.807, 2.05) is 12.1 Å². The number of para-hydroxylation sites is 2. The lowest BCUT2D eigenvalue weighted by atomic mass is 9.86. The van der Waals surface area contributed by atoms with Crippen molar-refractivity contribution in [2.45, 2.75) is 19.3 Å². The minimum Gasteiger partial charge on any atom is -0.490 e. The third-order valence-electron chi connectivity index (χ3n) is 3.73. The number of sulfonamides is 1. The summed E-state index contributed by atoms with van der Waals surface area (Å²) < 4.78 is 31.1. The molecule has 1 aromatic carbocycles. The molecule has 5 nitrogen and oxygen atoms in total. The van der Waals surface area contributed by atoms with Crippen LogP contribution in [0.4, 0.5) is 5.69 Å². The standard InChI is InChI=1S/C14H22N2O3S/c1-16(11-12-5-4-6-12)20(17,18)10-9-19-14-8-3-2-7-13(14)15/h2-3,7-8,12H,4-6,9-11,15H2,1H3. The van der Waals surface area contributed by atoms with E-state index in [0.717, 1.165) is 12.8 Å². The van der Waals surface area contributed by atoms with Crippen molar-refractivity contribution < 1.29 is 13.2 Å². The number of hydrogen-bond acceptors (Lipinski definition) is 4. The zero-order chi connectivity index (χ0) is 14.6. The number of rotatable bonds is 7. The van der Waals surface area contributed by atoms with Crippen LogP contribution in [0.5, 0.6) is 5.75 Å². The highest BCUT2D eigenvalue weighted by Crippen LogP contribution is 2.27. The van der Waals surface area contributed by atoms with Crippen LogP contribution in [0.3, 0.4) is 0 Å². The van der Waals surface area contributed by atoms with Gasteiger partial charge in [-0.1, -0.05) is 18.6 Å². The number of nitrogen functional groups attached to an aromatic ring is 1. The highest BCUT2D eigenvalue weighted by Gasteiger charge is 2.25. The second-order valence-electron chi connectivity index (χ2n) is 5.28. The molecule has 112 valence electrons. The summed E-state index contributed by atoms with van der Waals surface area (Å²) in [4.78, 5) is 0. The summed E-state index contributed by atoms with van der Waals surface area (Å²) >= 11 is 0. The summed E-state index contributed by atoms with van der Waals surface area (Å²) in [6, 6.07) is 7.08. The molecule has 0 unspecified atom stereocenters. The fourth-order valence-corrected chi connectivity index (χ4v) is 3.22. The van der Waals surface area contributed by atoms with Gasteiger partial charge < -0.3 is 10.5 Å². The Morgan fingerprint density at radius 3 is 2.65 bits per heavy atom. The molecule has 1 aromatic rings. The summed E-state index contributed by atoms with van der Waals surface area (Å²) in [5, 5.41) is 0. The van der Waals surface area contributed by atoms with E-state index in [-0.39, 0.29) is 12.4 Å². The van der Waals surface area contributed by atoms with E-state index < -0.39 is 10.0 Å². The number of hydrogen-bond donors (Lipinski definition) is 1. The van der Waals surface area contributed by atoms with Gasteiger partial charge in [-0.25, -0.2) is 12.7 Å². The van der Waals surface area contributed by atoms with Crippen LogP contribution in [0, 0.1) is 5.92 Å². The van der Waals surface area contributed by atoms with Gasteiger partial charge in [0.15, 0.2) is 0 Å². The van der Waals surface area contributed by atoms with Crippen molar-refractivity contribution in [1.29, 1.82) is 0 Å². The van der Waals surface area contributed by atoms with Crippen LogP contribution < -0.4 is 10.5 Å². The van der Waals surface area contributed by atoms with Gasteiger partial charge in [0.05, 0.1) is 11.4 Å². The van der Waals surface area contributed by atoms with Gasteiger partial charge in [0.1, 0.15) is 12.4 Å². The Labute approximate surface area is 120 Å². The quantitative estimate of drug-likeness (QED) is 0.778. The van der Waals surface area contributed by atoms with Gasteiger partial charge in [0, 0.05) is 13.6 Å². The van der Waals surface area contributed by atoms with Gasteiger partial charge >= 0.3 is 0 Å². The maximum absolute atomic E-state index is 12.1. The Hall–Kier alpha value is -1.27. The zero-order valence-electron chi connectivity index (χ0n) is 11.8. The predicted molar refractivity (Wildman–Crippen MR) is 80.1 cm³/mol. The largest absolute Gasteiger partial charge is 0.490 e. The van der Waals surface area contributed by atoms with Crippen LogP contribution in [0.15, 0.2) is 24.3 Å². The molecule has 0 bridgehead atoms. The first-order valence-electron chi connectivity index (χ1n) is 6.90. The van der Waals surface area contributed by atoms with Crippen molar-refractivity contribution in [3.05, 3.63) is 24.3 Å². The van der Waals surface area contributed by atoms with E-state index >= 15 is 0 Å². The molecule has 1 aliphatic rings. The van der Waals surface area contributed by atoms with Gasteiger partial charge in [-0.2, -0.15) is 0 Å². The summed E-state index contributed by atoms with van der Waals surface area (Å²) in [6.45, 7) is 0.737. The fraction of sp³-hybridized carbons (Fsp3) is 0.571. The minimum atomic E-state index is -3.25. The first-order valence-corrected chi connectivity index (χ1v) is 8.51. The number of nitrogens with two attached hydrogens (primary N) is 1. The molecule has 0 atom stereocenters. The first kappa shape index (κ1) is 15.1. The van der Waals surface area contributed by atoms with Crippen LogP contribution in [0.2, 0.25) is 0 Å². The summed E-state index contributed by atoms with van der Waals surface area (Å²) in [7, 11) is -1.60. The van der Waals surface area contributed by atoms with Crippen molar-refractivity contribution in [3.63, 3.8) is 0 Å². The highest BCUT2D eigenvalue weighted by atomic mass is 32.2. The number of nitrogens with zero attached hydrogens (tertiary/aromatic N) is 1. The maximum atomic E-state index is 12.1. The number of ether oxygens (including phenoxy) is 1. The Bertz CT molecular complexity index is 541. The maximum Gasteiger partial charge on any atom is 0.217 e. The van der Waals surface area contributed by atoms with Gasteiger partial charge in [0.25, 0.3) is 0 Å². The van der Waals surface area contributed by atoms with Crippen molar-refractivity contribution in [3.8, 4) is 5.75 Å². The molecular weight excluding hydrogens is 276 g/mol. The molecule has 0 amide bonds. The molecule has 0 saturated heterocycles. The molecular formula is C14H22N2O3S. The van der Waals surface area contributed by atoms with Crippen LogP contribution in [-0.4, -0.2) is 38.7 Å². The molecule has 2 rings (SSSR count). The predicted octanol–water partition coefficient (Wildman–Crippen LogP) is 1.71. The molecule has 1 saturated carbocycles. The van der Waals surface area contributed by atoms with Crippen molar-refractivity contribution in [2.24, 2.45) is 5.92 Å². The van der Waals surface area contributed by atoms with Crippen LogP contribution in [0.25, 0.3) is 0 Å². The topological polar surface area (TPSA) is 72.6 Å². The monoisotopic (exact) mass is 298 g/mol. The van der Waals surface area contributed by atoms with E-state index in [1.54, 1.807) is 19.2 Å². The first-order chi connectivity index (χ1) is 9.49. The second-order valence-corrected chi connectivity index (χ2v) is 7.48. The van der Waals surface area contributed by atoms with Crippen molar-refractivity contribution >= 4 is 15.7 Å². The molecule has 0 spiro atoms. The lowest BCUT2D eigenvalue weighted by Crippen LogP contribution is -2.36. The molecule has 0 aliphatic heterocycles. The van der Waals surface area contributed by atoms with Gasteiger partial charge in [-0.3, -0.25) is 0 Å². The average molecular weight is 298 g/mol. The van der Waals surface area contributed by atoms with Crippen LogP contribution in [-0.2, 0) is 10.0 Å². The van der Waals surface area contributed by atoms with Crippen molar-refractivity contribution in [2.75, 3.05) is 31.7 Å². The Kier molecular flexibility index (Phi) is 4.88. The van der Waals surface area contributed by atoms with E-state index in [0.29, 0.717) is 23.9 Å². The normalized spacial score (nSPS) is 16.1. The van der Waals surface area contributed by atoms with E-state index in [4.69, 9.17) is 10.5 Å². The summed E-state index contributed by atoms with van der Waals surface area (Å²) in [6.07, 6.45) is 3.49. The molecule has 6 heteroatoms. The summed E-state index contributed by atoms with van der Waals surface area (Å²) in [5.74, 6) is 1.04. The highest BCUT2D eigenvalue weighted by molar-refractivity contribution is 7.89. The molecule has 0 aromatic heterocycles. The lowest BCUT2D eigenvalue weighted by molar-refractivity contribution is 0.261. The van der Waals surface area contributed by atoms with Gasteiger partial charge in [-0.15, -0.1) is 0 Å². The SMILES string of the molecule is CN(CC1CCC1)S(=O)(=O)CCOc1ccccc1N. The molecule has 20 heavy (non-hydrogen) atoms. The Balaban J connectivity index is 1.81. The van der Waals surface area contributed by atoms with E-state index in [9.17, 15) is 8.42 Å². The third-order valence-corrected chi connectivity index (χ3v) is 5.51. The third kappa shape index (κ3) is 3.86. The smallest absolute Gasteiger partial charge is 0.217 e. The zero-order valence-corrected chi connectivity index (χ0v) is 12.6. The Morgan fingerprint density at radius 1 is 1.35 bits per heavy atom. The molecule has 1 fully saturated rings. The lowest BCUT2D eigenvalue weighted by Gasteiger charge is -2.29. The van der Waals surface area contributed by atoms with Crippen LogP contribution >= 0.6 is 0 Å². The van der Waals surface area contributed by atoms with Gasteiger partial charge in [0.2, 0.25) is 10.0 Å². The van der Waals surface area contributed by atoms with E-state index in [2.05, 4.69) is 0 Å². The van der Waals surface area contributed by atoms with Crippen LogP contribution in [0.1, 0.15) is 19.3 Å². The molecule has 0 heterocycles. The second kappa shape index (κ2) is 6.45. The number of benzene rings is 1. The minimum absolute atomic E-state index is 0.0233. The number of anilines is 1. The molecule has 2 N–H and O–H groups in total. The Morgan fingerprint density at radius 2 is 2.05 bits per heavy atom. The van der Waals surface area contributed by atoms with Crippen molar-refractivity contribution in [1.82, 2.24) is 4.31 Å². The van der Waals surface area contributed by atoms with Gasteiger partial charge in [-0.05, 0) is 30.9 Å². The van der Waals surface area contributed by atoms with E-state index in [1.165, 1.54) is 10.7 Å². The average Bonchev–Trinajstić information content (AvgIpc) is 2.35. The molecule has 1 aliphatic carbocycles. The summed E-state index contributed by atoms with van der Waals surface area (Å²) in [5.41, 5.74) is 6.26.